The molecule has 26 heavy (non-hydrogen) atoms. The lowest BCUT2D eigenvalue weighted by Crippen LogP contribution is -2.32. The Bertz CT molecular complexity index is 798. The maximum atomic E-state index is 12.2. The fourth-order valence-corrected chi connectivity index (χ4v) is 3.43. The monoisotopic (exact) mass is 413 g/mol. The van der Waals surface area contributed by atoms with Gasteiger partial charge in [-0.1, -0.05) is 34.8 Å². The summed E-state index contributed by atoms with van der Waals surface area (Å²) in [5.74, 6) is 1.30. The van der Waals surface area contributed by atoms with E-state index in [1.54, 1.807) is 24.3 Å². The number of halogens is 3. The van der Waals surface area contributed by atoms with Gasteiger partial charge in [0.25, 0.3) is 0 Å². The zero-order valence-corrected chi connectivity index (χ0v) is 16.2. The lowest BCUT2D eigenvalue weighted by atomic mass is 10.0. The predicted octanol–water partition coefficient (Wildman–Crippen LogP) is 5.45. The highest BCUT2D eigenvalue weighted by Gasteiger charge is 2.23. The highest BCUT2D eigenvalue weighted by Crippen LogP contribution is 2.34. The SMILES string of the molecule is O=C(CCCOc1ccc(Cl)cc1Cl)NC1CCOc2ccc(Cl)cc21. The Labute approximate surface area is 167 Å². The maximum absolute atomic E-state index is 12.2. The second-order valence-corrected chi connectivity index (χ2v) is 7.25. The van der Waals surface area contributed by atoms with Crippen molar-refractivity contribution in [3.05, 3.63) is 57.0 Å². The van der Waals surface area contributed by atoms with E-state index in [9.17, 15) is 4.79 Å². The van der Waals surface area contributed by atoms with Gasteiger partial charge < -0.3 is 14.8 Å². The molecule has 0 aliphatic carbocycles. The van der Waals surface area contributed by atoms with Crippen LogP contribution in [-0.4, -0.2) is 19.1 Å². The minimum Gasteiger partial charge on any atom is -0.493 e. The highest BCUT2D eigenvalue weighted by molar-refractivity contribution is 6.35. The van der Waals surface area contributed by atoms with E-state index in [0.717, 1.165) is 17.7 Å². The topological polar surface area (TPSA) is 47.6 Å². The van der Waals surface area contributed by atoms with Crippen molar-refractivity contribution < 1.29 is 14.3 Å². The first-order valence-electron chi connectivity index (χ1n) is 8.32. The van der Waals surface area contributed by atoms with E-state index < -0.39 is 0 Å². The molecule has 0 saturated carbocycles. The molecular formula is C19H18Cl3NO3. The number of hydrogen-bond donors (Lipinski definition) is 1. The van der Waals surface area contributed by atoms with E-state index in [1.807, 2.05) is 12.1 Å². The van der Waals surface area contributed by atoms with E-state index in [0.29, 0.717) is 46.9 Å². The summed E-state index contributed by atoms with van der Waals surface area (Å²) < 4.78 is 11.2. The van der Waals surface area contributed by atoms with E-state index in [4.69, 9.17) is 44.3 Å². The Hall–Kier alpha value is -1.62. The number of fused-ring (bicyclic) bond motifs is 1. The lowest BCUT2D eigenvalue weighted by Gasteiger charge is -2.27. The summed E-state index contributed by atoms with van der Waals surface area (Å²) in [4.78, 5) is 12.2. The van der Waals surface area contributed by atoms with Crippen LogP contribution in [0.5, 0.6) is 11.5 Å². The van der Waals surface area contributed by atoms with Crippen LogP contribution in [0.4, 0.5) is 0 Å². The minimum absolute atomic E-state index is 0.0337. The Morgan fingerprint density at radius 1 is 1.15 bits per heavy atom. The van der Waals surface area contributed by atoms with Crippen molar-refractivity contribution in [2.24, 2.45) is 0 Å². The number of benzene rings is 2. The summed E-state index contributed by atoms with van der Waals surface area (Å²) in [5, 5.41) is 4.68. The van der Waals surface area contributed by atoms with Crippen LogP contribution in [0, 0.1) is 0 Å². The van der Waals surface area contributed by atoms with E-state index in [1.165, 1.54) is 0 Å². The fourth-order valence-electron chi connectivity index (χ4n) is 2.79. The van der Waals surface area contributed by atoms with Gasteiger partial charge in [-0.2, -0.15) is 0 Å². The first kappa shape index (κ1) is 19.2. The fraction of sp³-hybridized carbons (Fsp3) is 0.316. The third kappa shape index (κ3) is 4.97. The van der Waals surface area contributed by atoms with Crippen molar-refractivity contribution in [3.63, 3.8) is 0 Å². The molecule has 2 aromatic carbocycles. The average Bonchev–Trinajstić information content (AvgIpc) is 2.61. The zero-order chi connectivity index (χ0) is 18.5. The number of amides is 1. The molecule has 1 unspecified atom stereocenters. The number of rotatable bonds is 6. The molecule has 1 heterocycles. The Balaban J connectivity index is 1.47. The summed E-state index contributed by atoms with van der Waals surface area (Å²) in [5.41, 5.74) is 0.918. The van der Waals surface area contributed by atoms with Gasteiger partial charge in [-0.05, 0) is 42.8 Å². The number of nitrogens with one attached hydrogen (secondary N) is 1. The molecule has 1 aliphatic heterocycles. The van der Waals surface area contributed by atoms with Crippen LogP contribution < -0.4 is 14.8 Å². The van der Waals surface area contributed by atoms with Gasteiger partial charge in [-0.25, -0.2) is 0 Å². The number of hydrogen-bond acceptors (Lipinski definition) is 3. The van der Waals surface area contributed by atoms with Gasteiger partial charge in [-0.15, -0.1) is 0 Å². The zero-order valence-electron chi connectivity index (χ0n) is 13.9. The molecule has 0 aromatic heterocycles. The van der Waals surface area contributed by atoms with E-state index in [2.05, 4.69) is 5.32 Å². The molecule has 1 N–H and O–H groups in total. The summed E-state index contributed by atoms with van der Waals surface area (Å²) in [7, 11) is 0. The van der Waals surface area contributed by atoms with Crippen molar-refractivity contribution >= 4 is 40.7 Å². The maximum Gasteiger partial charge on any atom is 0.220 e. The number of ether oxygens (including phenoxy) is 2. The molecule has 1 atom stereocenters. The number of carbonyl (C=O) groups is 1. The summed E-state index contributed by atoms with van der Waals surface area (Å²) in [6, 6.07) is 10.4. The van der Waals surface area contributed by atoms with Crippen LogP contribution in [-0.2, 0) is 4.79 Å². The van der Waals surface area contributed by atoms with Crippen LogP contribution >= 0.6 is 34.8 Å². The van der Waals surface area contributed by atoms with Crippen LogP contribution in [0.2, 0.25) is 15.1 Å². The van der Waals surface area contributed by atoms with Crippen LogP contribution in [0.25, 0.3) is 0 Å². The van der Waals surface area contributed by atoms with Crippen molar-refractivity contribution in [3.8, 4) is 11.5 Å². The van der Waals surface area contributed by atoms with Gasteiger partial charge in [0, 0.05) is 28.5 Å². The second-order valence-electron chi connectivity index (χ2n) is 5.97. The molecule has 0 fully saturated rings. The molecule has 3 rings (SSSR count). The predicted molar refractivity (Wildman–Crippen MR) is 104 cm³/mol. The van der Waals surface area contributed by atoms with E-state index in [-0.39, 0.29) is 11.9 Å². The van der Waals surface area contributed by atoms with Gasteiger partial charge in [0.2, 0.25) is 5.91 Å². The van der Waals surface area contributed by atoms with Gasteiger partial charge in [0.05, 0.1) is 24.3 Å². The minimum atomic E-state index is -0.0865. The summed E-state index contributed by atoms with van der Waals surface area (Å²) >= 11 is 18.0. The van der Waals surface area contributed by atoms with Crippen molar-refractivity contribution in [2.45, 2.75) is 25.3 Å². The molecule has 1 aliphatic rings. The molecule has 0 spiro atoms. The highest BCUT2D eigenvalue weighted by atomic mass is 35.5. The largest absolute Gasteiger partial charge is 0.493 e. The van der Waals surface area contributed by atoms with Gasteiger partial charge >= 0.3 is 0 Å². The molecular weight excluding hydrogens is 397 g/mol. The molecule has 1 amide bonds. The molecule has 4 nitrogen and oxygen atoms in total. The van der Waals surface area contributed by atoms with Gasteiger partial charge in [0.1, 0.15) is 11.5 Å². The van der Waals surface area contributed by atoms with E-state index >= 15 is 0 Å². The molecule has 2 aromatic rings. The molecule has 0 radical (unpaired) electrons. The Kier molecular flexibility index (Phi) is 6.52. The normalized spacial score (nSPS) is 15.7. The Morgan fingerprint density at radius 2 is 1.92 bits per heavy atom. The quantitative estimate of drug-likeness (QED) is 0.640. The third-order valence-electron chi connectivity index (χ3n) is 4.05. The van der Waals surface area contributed by atoms with Gasteiger partial charge in [0.15, 0.2) is 0 Å². The molecule has 0 saturated heterocycles. The lowest BCUT2D eigenvalue weighted by molar-refractivity contribution is -0.122. The van der Waals surface area contributed by atoms with Crippen molar-refractivity contribution in [1.82, 2.24) is 5.32 Å². The van der Waals surface area contributed by atoms with Crippen LogP contribution in [0.3, 0.4) is 0 Å². The Morgan fingerprint density at radius 3 is 2.73 bits per heavy atom. The van der Waals surface area contributed by atoms with Crippen LogP contribution in [0.1, 0.15) is 30.9 Å². The first-order valence-corrected chi connectivity index (χ1v) is 9.46. The summed E-state index contributed by atoms with van der Waals surface area (Å²) in [6.45, 7) is 0.961. The number of carbonyl (C=O) groups excluding carboxylic acids is 1. The average molecular weight is 415 g/mol. The third-order valence-corrected chi connectivity index (χ3v) is 4.81. The molecule has 138 valence electrons. The molecule has 0 bridgehead atoms. The van der Waals surface area contributed by atoms with Crippen molar-refractivity contribution in [2.75, 3.05) is 13.2 Å². The van der Waals surface area contributed by atoms with Crippen LogP contribution in [0.15, 0.2) is 36.4 Å². The van der Waals surface area contributed by atoms with Gasteiger partial charge in [-0.3, -0.25) is 4.79 Å². The first-order chi connectivity index (χ1) is 12.5. The standard InChI is InChI=1S/C19H18Cl3NO3/c20-12-3-5-17-14(10-12)16(7-9-26-17)23-19(24)2-1-8-25-18-6-4-13(21)11-15(18)22/h3-6,10-11,16H,1-2,7-9H2,(H,23,24). The van der Waals surface area contributed by atoms with Crippen molar-refractivity contribution in [1.29, 1.82) is 0 Å². The summed E-state index contributed by atoms with van der Waals surface area (Å²) in [6.07, 6.45) is 1.66. The second kappa shape index (κ2) is 8.85. The molecule has 7 heteroatoms. The smallest absolute Gasteiger partial charge is 0.220 e.